The summed E-state index contributed by atoms with van der Waals surface area (Å²) in [5.41, 5.74) is 3.52. The lowest BCUT2D eigenvalue weighted by Gasteiger charge is -2.18. The Balaban J connectivity index is 1.56. The monoisotopic (exact) mass is 493 g/mol. The fourth-order valence-corrected chi connectivity index (χ4v) is 6.03. The van der Waals surface area contributed by atoms with E-state index in [1.54, 1.807) is 41.2 Å². The van der Waals surface area contributed by atoms with Gasteiger partial charge in [0, 0.05) is 23.8 Å². The number of amides is 1. The quantitative estimate of drug-likeness (QED) is 0.432. The van der Waals surface area contributed by atoms with Crippen LogP contribution in [0, 0.1) is 13.8 Å². The van der Waals surface area contributed by atoms with E-state index in [0.29, 0.717) is 46.6 Å². The minimum absolute atomic E-state index is 0.0532. The molecule has 3 aromatic heterocycles. The van der Waals surface area contributed by atoms with Crippen LogP contribution in [0.3, 0.4) is 0 Å². The largest absolute Gasteiger partial charge is 0.466 e. The van der Waals surface area contributed by atoms with Gasteiger partial charge in [-0.05, 0) is 64.4 Å². The number of sulfonamides is 1. The van der Waals surface area contributed by atoms with Crippen LogP contribution in [0.2, 0.25) is 0 Å². The van der Waals surface area contributed by atoms with Crippen molar-refractivity contribution < 1.29 is 17.6 Å². The first-order valence-corrected chi connectivity index (χ1v) is 13.1. The van der Waals surface area contributed by atoms with Crippen LogP contribution < -0.4 is 9.62 Å². The van der Waals surface area contributed by atoms with Crippen molar-refractivity contribution in [3.63, 3.8) is 0 Å². The lowest BCUT2D eigenvalue weighted by Crippen LogP contribution is -2.25. The zero-order valence-corrected chi connectivity index (χ0v) is 20.9. The highest BCUT2D eigenvalue weighted by Gasteiger charge is 2.28. The maximum atomic E-state index is 13.5. The first kappa shape index (κ1) is 23.1. The molecular weight excluding hydrogens is 466 g/mol. The van der Waals surface area contributed by atoms with Crippen molar-refractivity contribution in [2.45, 2.75) is 40.2 Å². The van der Waals surface area contributed by atoms with Crippen LogP contribution in [0.25, 0.3) is 22.3 Å². The first-order chi connectivity index (χ1) is 16.6. The number of aryl methyl sites for hydroxylation is 2. The van der Waals surface area contributed by atoms with Crippen molar-refractivity contribution >= 4 is 38.3 Å². The number of benzene rings is 1. The van der Waals surface area contributed by atoms with Crippen LogP contribution in [0.5, 0.6) is 0 Å². The Bertz CT molecular complexity index is 1550. The van der Waals surface area contributed by atoms with E-state index in [4.69, 9.17) is 9.40 Å². The van der Waals surface area contributed by atoms with Crippen molar-refractivity contribution in [1.82, 2.24) is 14.8 Å². The van der Waals surface area contributed by atoms with Crippen molar-refractivity contribution in [3.05, 3.63) is 59.7 Å². The summed E-state index contributed by atoms with van der Waals surface area (Å²) in [6.45, 7) is 8.18. The van der Waals surface area contributed by atoms with Gasteiger partial charge in [0.25, 0.3) is 5.91 Å². The van der Waals surface area contributed by atoms with Crippen LogP contribution in [0.15, 0.2) is 47.0 Å². The fourth-order valence-electron chi connectivity index (χ4n) is 4.47. The Hall–Kier alpha value is -3.66. The molecule has 0 atom stereocenters. The molecule has 35 heavy (non-hydrogen) atoms. The summed E-state index contributed by atoms with van der Waals surface area (Å²) in [6, 6.07) is 10.6. The lowest BCUT2D eigenvalue weighted by atomic mass is 10.1. The Morgan fingerprint density at radius 1 is 1.17 bits per heavy atom. The van der Waals surface area contributed by atoms with E-state index in [0.717, 1.165) is 17.1 Å². The molecule has 10 heteroatoms. The highest BCUT2D eigenvalue weighted by molar-refractivity contribution is 7.93. The second-order valence-electron chi connectivity index (χ2n) is 9.05. The molecule has 1 fully saturated rings. The zero-order valence-electron chi connectivity index (χ0n) is 20.1. The van der Waals surface area contributed by atoms with Gasteiger partial charge in [-0.2, -0.15) is 5.10 Å². The molecule has 1 aliphatic heterocycles. The first-order valence-electron chi connectivity index (χ1n) is 11.5. The summed E-state index contributed by atoms with van der Waals surface area (Å²) in [5.74, 6) is 1.28. The molecule has 0 spiro atoms. The number of aromatic nitrogens is 3. The van der Waals surface area contributed by atoms with Gasteiger partial charge in [0.1, 0.15) is 11.5 Å². The Labute approximate surface area is 203 Å². The molecule has 182 valence electrons. The predicted molar refractivity (Wildman–Crippen MR) is 135 cm³/mol. The molecule has 4 aromatic rings. The van der Waals surface area contributed by atoms with E-state index >= 15 is 0 Å². The molecule has 0 bridgehead atoms. The third kappa shape index (κ3) is 4.18. The average Bonchev–Trinajstić information content (AvgIpc) is 3.48. The molecule has 0 aliphatic carbocycles. The van der Waals surface area contributed by atoms with Crippen molar-refractivity contribution in [2.75, 3.05) is 21.9 Å². The van der Waals surface area contributed by atoms with Crippen LogP contribution in [0.4, 0.5) is 11.4 Å². The summed E-state index contributed by atoms with van der Waals surface area (Å²) in [6.07, 6.45) is 2.24. The summed E-state index contributed by atoms with van der Waals surface area (Å²) < 4.78 is 33.6. The van der Waals surface area contributed by atoms with Gasteiger partial charge in [-0.15, -0.1) is 0 Å². The Kier molecular flexibility index (Phi) is 5.63. The number of pyridine rings is 1. The third-order valence-corrected chi connectivity index (χ3v) is 7.98. The smallest absolute Gasteiger partial charge is 0.256 e. The lowest BCUT2D eigenvalue weighted by molar-refractivity contribution is 0.102. The van der Waals surface area contributed by atoms with Crippen LogP contribution >= 0.6 is 0 Å². The highest BCUT2D eigenvalue weighted by Crippen LogP contribution is 2.31. The molecule has 1 amide bonds. The van der Waals surface area contributed by atoms with Gasteiger partial charge in [0.2, 0.25) is 10.0 Å². The van der Waals surface area contributed by atoms with Gasteiger partial charge in [0.05, 0.1) is 34.3 Å². The number of nitrogens with zero attached hydrogens (tertiary/aromatic N) is 4. The maximum Gasteiger partial charge on any atom is 0.256 e. The average molecular weight is 494 g/mol. The second-order valence-corrected chi connectivity index (χ2v) is 11.1. The summed E-state index contributed by atoms with van der Waals surface area (Å²) in [5, 5.41) is 8.03. The minimum atomic E-state index is -3.32. The predicted octanol–water partition coefficient (Wildman–Crippen LogP) is 4.68. The number of furan rings is 1. The van der Waals surface area contributed by atoms with E-state index in [9.17, 15) is 13.2 Å². The highest BCUT2D eigenvalue weighted by atomic mass is 32.2. The number of nitrogens with one attached hydrogen (secondary N) is 1. The maximum absolute atomic E-state index is 13.5. The molecule has 4 heterocycles. The van der Waals surface area contributed by atoms with E-state index in [2.05, 4.69) is 10.4 Å². The number of hydrogen-bond acceptors (Lipinski definition) is 6. The number of anilines is 2. The summed E-state index contributed by atoms with van der Waals surface area (Å²) in [7, 11) is -3.32. The third-order valence-electron chi connectivity index (χ3n) is 6.11. The Morgan fingerprint density at radius 3 is 2.63 bits per heavy atom. The molecule has 0 saturated carbocycles. The van der Waals surface area contributed by atoms with Gasteiger partial charge >= 0.3 is 0 Å². The van der Waals surface area contributed by atoms with Crippen LogP contribution in [-0.2, 0) is 10.0 Å². The standard InChI is InChI=1S/C25H27N5O4S/c1-15(2)30-24-22(14-26-30)21(13-23(28-24)20-11-16(3)34-17(20)4)25(31)27-18-7-5-8-19(12-18)29-9-6-10-35(29,32)33/h5,7-8,11-15H,6,9-10H2,1-4H3,(H,27,31). The van der Waals surface area contributed by atoms with Gasteiger partial charge in [0.15, 0.2) is 5.65 Å². The minimum Gasteiger partial charge on any atom is -0.466 e. The van der Waals surface area contributed by atoms with E-state index < -0.39 is 10.0 Å². The fraction of sp³-hybridized carbons (Fsp3) is 0.320. The van der Waals surface area contributed by atoms with Crippen molar-refractivity contribution in [3.8, 4) is 11.3 Å². The number of hydrogen-bond donors (Lipinski definition) is 1. The molecule has 0 radical (unpaired) electrons. The topological polar surface area (TPSA) is 110 Å². The summed E-state index contributed by atoms with van der Waals surface area (Å²) in [4.78, 5) is 18.3. The van der Waals surface area contributed by atoms with E-state index in [-0.39, 0.29) is 17.7 Å². The normalized spacial score (nSPS) is 15.3. The van der Waals surface area contributed by atoms with Crippen molar-refractivity contribution in [2.24, 2.45) is 0 Å². The second kappa shape index (κ2) is 8.53. The number of rotatable bonds is 5. The van der Waals surface area contributed by atoms with Crippen LogP contribution in [-0.4, -0.2) is 41.4 Å². The zero-order chi connectivity index (χ0) is 24.9. The number of carbonyl (C=O) groups is 1. The van der Waals surface area contributed by atoms with Gasteiger partial charge in [-0.1, -0.05) is 6.07 Å². The molecule has 9 nitrogen and oxygen atoms in total. The molecule has 5 rings (SSSR count). The number of fused-ring (bicyclic) bond motifs is 1. The van der Waals surface area contributed by atoms with E-state index in [1.165, 1.54) is 4.31 Å². The molecular formula is C25H27N5O4S. The molecule has 1 aliphatic rings. The van der Waals surface area contributed by atoms with Gasteiger partial charge in [-0.25, -0.2) is 18.1 Å². The van der Waals surface area contributed by atoms with E-state index in [1.807, 2.05) is 33.8 Å². The molecule has 1 aromatic carbocycles. The van der Waals surface area contributed by atoms with Crippen molar-refractivity contribution in [1.29, 1.82) is 0 Å². The molecule has 1 N–H and O–H groups in total. The number of carbonyl (C=O) groups excluding carboxylic acids is 1. The van der Waals surface area contributed by atoms with Gasteiger partial charge < -0.3 is 9.73 Å². The molecule has 0 unspecified atom stereocenters. The van der Waals surface area contributed by atoms with Gasteiger partial charge in [-0.3, -0.25) is 9.10 Å². The molecule has 1 saturated heterocycles. The van der Waals surface area contributed by atoms with Crippen LogP contribution in [0.1, 0.15) is 48.2 Å². The summed E-state index contributed by atoms with van der Waals surface area (Å²) >= 11 is 0. The Morgan fingerprint density at radius 2 is 1.97 bits per heavy atom. The SMILES string of the molecule is Cc1cc(-c2cc(C(=O)Nc3cccc(N4CCCS4(=O)=O)c3)c3cnn(C(C)C)c3n2)c(C)o1.